The van der Waals surface area contributed by atoms with E-state index in [0.29, 0.717) is 6.61 Å². The molecule has 0 amide bonds. The summed E-state index contributed by atoms with van der Waals surface area (Å²) in [7, 11) is 0. The van der Waals surface area contributed by atoms with E-state index in [1.165, 1.54) is 5.39 Å². The second kappa shape index (κ2) is 5.29. The highest BCUT2D eigenvalue weighted by atomic mass is 79.9. The van der Waals surface area contributed by atoms with E-state index in [1.807, 2.05) is 32.0 Å². The van der Waals surface area contributed by atoms with Gasteiger partial charge in [0.05, 0.1) is 11.3 Å². The summed E-state index contributed by atoms with van der Waals surface area (Å²) in [5, 5.41) is 6.27. The third-order valence-electron chi connectivity index (χ3n) is 3.34. The van der Waals surface area contributed by atoms with Gasteiger partial charge in [-0.25, -0.2) is 0 Å². The van der Waals surface area contributed by atoms with Gasteiger partial charge in [0.1, 0.15) is 18.1 Å². The first-order chi connectivity index (χ1) is 9.63. The van der Waals surface area contributed by atoms with E-state index in [-0.39, 0.29) is 0 Å². The Bertz CT molecular complexity index is 745. The number of halogens is 1. The Morgan fingerprint density at radius 2 is 1.85 bits per heavy atom. The molecule has 102 valence electrons. The van der Waals surface area contributed by atoms with Crippen molar-refractivity contribution in [2.24, 2.45) is 0 Å². The molecule has 0 aliphatic rings. The van der Waals surface area contributed by atoms with Crippen molar-refractivity contribution in [1.82, 2.24) is 5.16 Å². The fourth-order valence-electron chi connectivity index (χ4n) is 2.15. The van der Waals surface area contributed by atoms with Crippen molar-refractivity contribution >= 4 is 26.7 Å². The first kappa shape index (κ1) is 13.2. The molecule has 0 N–H and O–H groups in total. The largest absolute Gasteiger partial charge is 0.489 e. The molecule has 0 atom stereocenters. The first-order valence-corrected chi connectivity index (χ1v) is 7.16. The number of benzene rings is 2. The zero-order valence-corrected chi connectivity index (χ0v) is 12.9. The molecule has 0 aliphatic heterocycles. The van der Waals surface area contributed by atoms with Crippen LogP contribution in [0.5, 0.6) is 5.75 Å². The molecule has 0 bridgehead atoms. The highest BCUT2D eigenvalue weighted by molar-refractivity contribution is 9.10. The van der Waals surface area contributed by atoms with Crippen molar-refractivity contribution in [2.45, 2.75) is 20.5 Å². The van der Waals surface area contributed by atoms with Crippen LogP contribution in [0, 0.1) is 13.8 Å². The Balaban J connectivity index is 1.83. The molecule has 2 aromatic carbocycles. The van der Waals surface area contributed by atoms with E-state index < -0.39 is 0 Å². The molecule has 3 aromatic rings. The number of rotatable bonds is 3. The monoisotopic (exact) mass is 331 g/mol. The molecule has 20 heavy (non-hydrogen) atoms. The Morgan fingerprint density at radius 3 is 2.60 bits per heavy atom. The fourth-order valence-corrected chi connectivity index (χ4v) is 2.53. The van der Waals surface area contributed by atoms with Crippen LogP contribution in [-0.4, -0.2) is 5.16 Å². The molecular formula is C16H14BrNO2. The van der Waals surface area contributed by atoms with Crippen molar-refractivity contribution in [3.05, 3.63) is 57.9 Å². The molecule has 0 unspecified atom stereocenters. The van der Waals surface area contributed by atoms with E-state index in [0.717, 1.165) is 32.6 Å². The summed E-state index contributed by atoms with van der Waals surface area (Å²) < 4.78 is 12.0. The molecule has 1 heterocycles. The summed E-state index contributed by atoms with van der Waals surface area (Å²) in [6, 6.07) is 12.3. The van der Waals surface area contributed by atoms with Crippen LogP contribution < -0.4 is 4.74 Å². The summed E-state index contributed by atoms with van der Waals surface area (Å²) >= 11 is 3.48. The summed E-state index contributed by atoms with van der Waals surface area (Å²) in [4.78, 5) is 0. The van der Waals surface area contributed by atoms with Gasteiger partial charge in [0, 0.05) is 4.47 Å². The highest BCUT2D eigenvalue weighted by Crippen LogP contribution is 2.25. The van der Waals surface area contributed by atoms with Crippen molar-refractivity contribution in [2.75, 3.05) is 0 Å². The van der Waals surface area contributed by atoms with E-state index in [9.17, 15) is 0 Å². The Hall–Kier alpha value is -1.81. The summed E-state index contributed by atoms with van der Waals surface area (Å²) in [6.45, 7) is 4.30. The minimum atomic E-state index is 0.475. The number of nitrogens with zero attached hydrogens (tertiary/aromatic N) is 1. The van der Waals surface area contributed by atoms with Crippen LogP contribution in [0.2, 0.25) is 0 Å². The topological polar surface area (TPSA) is 35.3 Å². The number of hydrogen-bond acceptors (Lipinski definition) is 3. The average molecular weight is 332 g/mol. The minimum Gasteiger partial charge on any atom is -0.489 e. The van der Waals surface area contributed by atoms with Gasteiger partial charge in [-0.05, 0) is 48.9 Å². The van der Waals surface area contributed by atoms with Gasteiger partial charge in [0.2, 0.25) is 0 Å². The molecule has 1 aromatic heterocycles. The van der Waals surface area contributed by atoms with Gasteiger partial charge < -0.3 is 9.26 Å². The second-order valence-corrected chi connectivity index (χ2v) is 5.66. The lowest BCUT2D eigenvalue weighted by Crippen LogP contribution is -1.97. The van der Waals surface area contributed by atoms with Crippen LogP contribution in [0.15, 0.2) is 45.4 Å². The maximum Gasteiger partial charge on any atom is 0.140 e. The van der Waals surface area contributed by atoms with Crippen molar-refractivity contribution < 1.29 is 9.26 Å². The summed E-state index contributed by atoms with van der Waals surface area (Å²) in [6.07, 6.45) is 0. The molecule has 0 saturated carbocycles. The van der Waals surface area contributed by atoms with Gasteiger partial charge >= 0.3 is 0 Å². The third-order valence-corrected chi connectivity index (χ3v) is 3.83. The molecule has 0 aliphatic carbocycles. The molecule has 3 nitrogen and oxygen atoms in total. The van der Waals surface area contributed by atoms with E-state index in [1.54, 1.807) is 0 Å². The summed E-state index contributed by atoms with van der Waals surface area (Å²) in [5.74, 6) is 1.66. The van der Waals surface area contributed by atoms with Gasteiger partial charge in [0.25, 0.3) is 0 Å². The van der Waals surface area contributed by atoms with E-state index in [4.69, 9.17) is 9.26 Å². The quantitative estimate of drug-likeness (QED) is 0.692. The van der Waals surface area contributed by atoms with Crippen LogP contribution in [0.3, 0.4) is 0 Å². The number of fused-ring (bicyclic) bond motifs is 1. The SMILES string of the molecule is Cc1noc(C)c1COc1ccc2cc(Br)ccc2c1. The van der Waals surface area contributed by atoms with E-state index in [2.05, 4.69) is 39.3 Å². The maximum absolute atomic E-state index is 5.84. The lowest BCUT2D eigenvalue weighted by Gasteiger charge is -2.07. The fraction of sp³-hybridized carbons (Fsp3) is 0.188. The predicted molar refractivity (Wildman–Crippen MR) is 82.0 cm³/mol. The van der Waals surface area contributed by atoms with Crippen LogP contribution >= 0.6 is 15.9 Å². The number of ether oxygens (including phenoxy) is 1. The van der Waals surface area contributed by atoms with Gasteiger partial charge in [-0.15, -0.1) is 0 Å². The predicted octanol–water partition coefficient (Wildman–Crippen LogP) is 4.79. The smallest absolute Gasteiger partial charge is 0.140 e. The number of aryl methyl sites for hydroxylation is 2. The van der Waals surface area contributed by atoms with Crippen molar-refractivity contribution in [3.8, 4) is 5.75 Å². The lowest BCUT2D eigenvalue weighted by molar-refractivity contribution is 0.302. The third kappa shape index (κ3) is 2.56. The van der Waals surface area contributed by atoms with Gasteiger partial charge in [0.15, 0.2) is 0 Å². The van der Waals surface area contributed by atoms with Gasteiger partial charge in [-0.2, -0.15) is 0 Å². The second-order valence-electron chi connectivity index (χ2n) is 4.74. The molecule has 0 spiro atoms. The Morgan fingerprint density at radius 1 is 1.10 bits per heavy atom. The lowest BCUT2D eigenvalue weighted by atomic mass is 10.1. The molecular weight excluding hydrogens is 318 g/mol. The minimum absolute atomic E-state index is 0.475. The first-order valence-electron chi connectivity index (χ1n) is 6.37. The molecule has 0 saturated heterocycles. The van der Waals surface area contributed by atoms with Crippen LogP contribution in [0.4, 0.5) is 0 Å². The van der Waals surface area contributed by atoms with Crippen LogP contribution in [0.1, 0.15) is 17.0 Å². The van der Waals surface area contributed by atoms with Crippen molar-refractivity contribution in [1.29, 1.82) is 0 Å². The van der Waals surface area contributed by atoms with Gasteiger partial charge in [-0.3, -0.25) is 0 Å². The van der Waals surface area contributed by atoms with Crippen molar-refractivity contribution in [3.63, 3.8) is 0 Å². The molecule has 3 rings (SSSR count). The molecule has 4 heteroatoms. The Labute approximate surface area is 125 Å². The van der Waals surface area contributed by atoms with Crippen LogP contribution in [0.25, 0.3) is 10.8 Å². The average Bonchev–Trinajstić information content (AvgIpc) is 2.76. The molecule has 0 radical (unpaired) electrons. The van der Waals surface area contributed by atoms with Crippen LogP contribution in [-0.2, 0) is 6.61 Å². The standard InChI is InChI=1S/C16H14BrNO2/c1-10-16(11(2)20-18-10)9-19-15-6-4-12-7-14(17)5-3-13(12)8-15/h3-8H,9H2,1-2H3. The Kier molecular flexibility index (Phi) is 3.49. The number of hydrogen-bond donors (Lipinski definition) is 0. The number of aromatic nitrogens is 1. The normalized spacial score (nSPS) is 10.9. The zero-order chi connectivity index (χ0) is 14.1. The van der Waals surface area contributed by atoms with E-state index >= 15 is 0 Å². The highest BCUT2D eigenvalue weighted by Gasteiger charge is 2.09. The zero-order valence-electron chi connectivity index (χ0n) is 11.3. The maximum atomic E-state index is 5.84. The summed E-state index contributed by atoms with van der Waals surface area (Å²) in [5.41, 5.74) is 1.90. The molecule has 0 fully saturated rings. The van der Waals surface area contributed by atoms with Gasteiger partial charge in [-0.1, -0.05) is 33.2 Å².